The molecule has 7 rings (SSSR count). The summed E-state index contributed by atoms with van der Waals surface area (Å²) in [5.74, 6) is 2.33. The second-order valence-electron chi connectivity index (χ2n) is 14.2. The molecule has 2 fully saturated rings. The Morgan fingerprint density at radius 3 is 2.77 bits per heavy atom. The number of hydrogen-bond acceptors (Lipinski definition) is 13. The highest BCUT2D eigenvalue weighted by Gasteiger charge is 2.49. The average Bonchev–Trinajstić information content (AvgIpc) is 3.77. The van der Waals surface area contributed by atoms with Crippen molar-refractivity contribution in [1.82, 2.24) is 20.0 Å². The van der Waals surface area contributed by atoms with E-state index >= 15 is 0 Å². The van der Waals surface area contributed by atoms with Gasteiger partial charge in [-0.2, -0.15) is 5.26 Å². The minimum absolute atomic E-state index is 0.0663. The molecule has 250 valence electrons. The van der Waals surface area contributed by atoms with E-state index in [0.29, 0.717) is 64.8 Å². The molecule has 0 radical (unpaired) electrons. The standard InChI is InChI=1S/C34H45N9O3S/c1-19(24-9-7-13-42(24)3)38-30-23(16-36)32(43-17-20(45-4)14-33(2,44)18-43)40-31(39-30)27-21-8-5-11-34(28(21)46-41-27)12-6-10-25-26(34)22(15-35)29(37)47-25/h16,19-20,24,36,44H,5-14,17-18,37H2,1-4H3,(H,38,39,40). The summed E-state index contributed by atoms with van der Waals surface area (Å²) in [6.07, 6.45) is 9.13. The maximum absolute atomic E-state index is 11.2. The number of methoxy groups -OCH3 is 1. The third kappa shape index (κ3) is 5.39. The SMILES string of the molecule is COC1CN(c2nc(-c3noc4c3CCCC43CCCc4sc(N)c(C#N)c43)nc(NC(C)C3CCCN3C)c2C=N)CC(C)(O)C1. The number of fused-ring (bicyclic) bond motifs is 4. The van der Waals surface area contributed by atoms with Crippen molar-refractivity contribution in [2.45, 2.75) is 101 Å². The van der Waals surface area contributed by atoms with Crippen LogP contribution in [0, 0.1) is 16.7 Å². The van der Waals surface area contributed by atoms with Crippen LogP contribution < -0.4 is 16.0 Å². The number of aliphatic hydroxyl groups is 1. The number of piperidine rings is 1. The lowest BCUT2D eigenvalue weighted by Gasteiger charge is -2.42. The molecule has 2 aliphatic carbocycles. The Bertz CT molecular complexity index is 1720. The number of rotatable bonds is 7. The van der Waals surface area contributed by atoms with Gasteiger partial charge < -0.3 is 40.6 Å². The first-order valence-corrected chi connectivity index (χ1v) is 17.6. The van der Waals surface area contributed by atoms with Crippen LogP contribution in [-0.4, -0.2) is 88.9 Å². The smallest absolute Gasteiger partial charge is 0.186 e. The number of anilines is 3. The van der Waals surface area contributed by atoms with Gasteiger partial charge >= 0.3 is 0 Å². The van der Waals surface area contributed by atoms with E-state index in [1.807, 2.05) is 11.8 Å². The van der Waals surface area contributed by atoms with Gasteiger partial charge in [0, 0.05) is 55.4 Å². The van der Waals surface area contributed by atoms with Crippen molar-refractivity contribution in [2.24, 2.45) is 0 Å². The number of hydrogen-bond donors (Lipinski definition) is 4. The van der Waals surface area contributed by atoms with Gasteiger partial charge in [-0.3, -0.25) is 0 Å². The molecule has 5 N–H and O–H groups in total. The van der Waals surface area contributed by atoms with E-state index < -0.39 is 11.0 Å². The van der Waals surface area contributed by atoms with Crippen LogP contribution in [0.3, 0.4) is 0 Å². The Morgan fingerprint density at radius 1 is 1.28 bits per heavy atom. The Kier molecular flexibility index (Phi) is 8.27. The van der Waals surface area contributed by atoms with Crippen molar-refractivity contribution in [1.29, 1.82) is 10.7 Å². The molecule has 0 amide bonds. The van der Waals surface area contributed by atoms with Gasteiger partial charge in [-0.05, 0) is 84.4 Å². The number of likely N-dealkylation sites (N-methyl/N-ethyl adjacent to an activating group) is 1. The molecule has 12 nitrogen and oxygen atoms in total. The highest BCUT2D eigenvalue weighted by Crippen LogP contribution is 2.55. The summed E-state index contributed by atoms with van der Waals surface area (Å²) in [6, 6.07) is 2.79. The van der Waals surface area contributed by atoms with E-state index in [1.165, 1.54) is 22.4 Å². The number of aromatic nitrogens is 3. The van der Waals surface area contributed by atoms with Crippen molar-refractivity contribution >= 4 is 34.2 Å². The number of thiophene rings is 1. The Morgan fingerprint density at radius 2 is 2.06 bits per heavy atom. The number of likely N-dealkylation sites (tertiary alicyclic amines) is 1. The van der Waals surface area contributed by atoms with Crippen LogP contribution in [0.15, 0.2) is 4.52 Å². The number of ether oxygens (including phenoxy) is 1. The summed E-state index contributed by atoms with van der Waals surface area (Å²) in [5.41, 5.74) is 8.64. The quantitative estimate of drug-likeness (QED) is 0.264. The topological polar surface area (TPSA) is 173 Å². The summed E-state index contributed by atoms with van der Waals surface area (Å²) >= 11 is 1.53. The molecular formula is C34H45N9O3S. The van der Waals surface area contributed by atoms with Crippen LogP contribution >= 0.6 is 11.3 Å². The van der Waals surface area contributed by atoms with Gasteiger partial charge in [-0.1, -0.05) is 5.16 Å². The number of aryl methyl sites for hydroxylation is 1. The molecule has 5 heterocycles. The van der Waals surface area contributed by atoms with Crippen LogP contribution in [0.25, 0.3) is 11.5 Å². The maximum Gasteiger partial charge on any atom is 0.186 e. The highest BCUT2D eigenvalue weighted by atomic mass is 32.1. The first kappa shape index (κ1) is 32.0. The molecule has 0 aromatic carbocycles. The lowest BCUT2D eigenvalue weighted by molar-refractivity contribution is -0.0249. The normalized spacial score (nSPS) is 28.1. The number of β-amino-alcohol motifs (C(OH)–C–C–N with tert-alkyl or cyclic N) is 1. The lowest BCUT2D eigenvalue weighted by Crippen LogP contribution is -2.53. The van der Waals surface area contributed by atoms with E-state index in [9.17, 15) is 10.4 Å². The first-order chi connectivity index (χ1) is 22.6. The molecule has 0 bridgehead atoms. The van der Waals surface area contributed by atoms with Crippen LogP contribution in [0.4, 0.5) is 16.6 Å². The zero-order chi connectivity index (χ0) is 33.1. The summed E-state index contributed by atoms with van der Waals surface area (Å²) in [7, 11) is 3.81. The van der Waals surface area contributed by atoms with Gasteiger partial charge in [-0.15, -0.1) is 11.3 Å². The van der Waals surface area contributed by atoms with E-state index in [-0.39, 0.29) is 12.1 Å². The summed E-state index contributed by atoms with van der Waals surface area (Å²) < 4.78 is 12.0. The molecule has 3 aromatic heterocycles. The predicted molar refractivity (Wildman–Crippen MR) is 183 cm³/mol. The molecule has 0 saturated carbocycles. The lowest BCUT2D eigenvalue weighted by atomic mass is 9.63. The van der Waals surface area contributed by atoms with Gasteiger partial charge in [0.1, 0.15) is 22.7 Å². The van der Waals surface area contributed by atoms with Crippen LogP contribution in [0.1, 0.15) is 91.7 Å². The second-order valence-corrected chi connectivity index (χ2v) is 15.4. The Labute approximate surface area is 279 Å². The van der Waals surface area contributed by atoms with E-state index in [0.717, 1.165) is 74.8 Å². The van der Waals surface area contributed by atoms with Gasteiger partial charge in [0.05, 0.1) is 28.2 Å². The summed E-state index contributed by atoms with van der Waals surface area (Å²) in [6.45, 7) is 5.88. The molecule has 5 atom stereocenters. The van der Waals surface area contributed by atoms with Gasteiger partial charge in [0.15, 0.2) is 17.3 Å². The van der Waals surface area contributed by atoms with Gasteiger partial charge in [0.25, 0.3) is 0 Å². The van der Waals surface area contributed by atoms with Crippen molar-refractivity contribution in [3.63, 3.8) is 0 Å². The summed E-state index contributed by atoms with van der Waals surface area (Å²) in [4.78, 5) is 15.7. The van der Waals surface area contributed by atoms with Crippen LogP contribution in [0.2, 0.25) is 0 Å². The van der Waals surface area contributed by atoms with Crippen molar-refractivity contribution < 1.29 is 14.4 Å². The minimum atomic E-state index is -1.00. The molecule has 1 spiro atoms. The number of nitrogen functional groups attached to an aromatic ring is 1. The van der Waals surface area contributed by atoms with Gasteiger partial charge in [0.2, 0.25) is 0 Å². The predicted octanol–water partition coefficient (Wildman–Crippen LogP) is 4.47. The van der Waals surface area contributed by atoms with Crippen molar-refractivity contribution in [3.8, 4) is 17.6 Å². The Hall–Kier alpha value is -3.57. The van der Waals surface area contributed by atoms with Crippen molar-refractivity contribution in [2.75, 3.05) is 49.7 Å². The fourth-order valence-corrected chi connectivity index (χ4v) is 9.97. The van der Waals surface area contributed by atoms with E-state index in [1.54, 1.807) is 7.11 Å². The van der Waals surface area contributed by atoms with E-state index in [2.05, 4.69) is 35.4 Å². The summed E-state index contributed by atoms with van der Waals surface area (Å²) in [5, 5.41) is 38.8. The second kappa shape index (κ2) is 12.1. The molecule has 2 saturated heterocycles. The van der Waals surface area contributed by atoms with Crippen molar-refractivity contribution in [3.05, 3.63) is 32.9 Å². The Balaban J connectivity index is 1.37. The van der Waals surface area contributed by atoms with Crippen LogP contribution in [-0.2, 0) is 23.0 Å². The number of nitrogens with zero attached hydrogens (tertiary/aromatic N) is 6. The zero-order valence-electron chi connectivity index (χ0n) is 27.7. The average molecular weight is 660 g/mol. The monoisotopic (exact) mass is 659 g/mol. The third-order valence-corrected chi connectivity index (χ3v) is 12.0. The molecule has 5 unspecified atom stereocenters. The largest absolute Gasteiger partial charge is 0.389 e. The van der Waals surface area contributed by atoms with Crippen LogP contribution in [0.5, 0.6) is 0 Å². The molecule has 3 aromatic rings. The number of nitrogens with one attached hydrogen (secondary N) is 2. The first-order valence-electron chi connectivity index (χ1n) is 16.8. The maximum atomic E-state index is 11.2. The fraction of sp³-hybridized carbons (Fsp3) is 0.618. The highest BCUT2D eigenvalue weighted by molar-refractivity contribution is 7.16. The van der Waals surface area contributed by atoms with E-state index in [4.69, 9.17) is 30.4 Å². The molecular weight excluding hydrogens is 615 g/mol. The zero-order valence-corrected chi connectivity index (χ0v) is 28.5. The van der Waals surface area contributed by atoms with Gasteiger partial charge in [-0.25, -0.2) is 9.97 Å². The number of nitrogens with two attached hydrogens (primary N) is 1. The third-order valence-electron chi connectivity index (χ3n) is 10.9. The fourth-order valence-electron chi connectivity index (χ4n) is 8.80. The molecule has 47 heavy (non-hydrogen) atoms. The minimum Gasteiger partial charge on any atom is -0.389 e. The molecule has 2 aliphatic heterocycles. The number of nitriles is 1. The molecule has 4 aliphatic rings. The molecule has 13 heteroatoms.